The second kappa shape index (κ2) is 6.52. The molecule has 1 N–H and O–H groups in total. The Hall–Kier alpha value is -2.34. The number of nitrogens with one attached hydrogen (secondary N) is 1. The molecule has 0 bridgehead atoms. The number of sulfonamides is 1. The van der Waals surface area contributed by atoms with Gasteiger partial charge in [0.05, 0.1) is 16.9 Å². The van der Waals surface area contributed by atoms with Gasteiger partial charge in [-0.05, 0) is 56.5 Å². The molecule has 1 saturated carbocycles. The number of rotatable bonds is 6. The molecule has 2 aromatic rings. The Labute approximate surface area is 148 Å². The second-order valence-electron chi connectivity index (χ2n) is 6.30. The number of benzene rings is 2. The molecule has 5 nitrogen and oxygen atoms in total. The average molecular weight is 359 g/mol. The van der Waals surface area contributed by atoms with Crippen molar-refractivity contribution in [3.05, 3.63) is 59.7 Å². The summed E-state index contributed by atoms with van der Waals surface area (Å²) in [7, 11) is -3.63. The first-order valence-electron chi connectivity index (χ1n) is 8.25. The van der Waals surface area contributed by atoms with Crippen LogP contribution in [0.1, 0.15) is 30.9 Å². The molecule has 1 fully saturated rings. The minimum atomic E-state index is -3.63. The van der Waals surface area contributed by atoms with Crippen LogP contribution in [0.4, 0.5) is 5.69 Å². The van der Waals surface area contributed by atoms with E-state index in [-0.39, 0.29) is 10.9 Å². The predicted octanol–water partition coefficient (Wildman–Crippen LogP) is 3.39. The monoisotopic (exact) mass is 359 g/mol. The van der Waals surface area contributed by atoms with Crippen molar-refractivity contribution in [2.75, 3.05) is 11.3 Å². The minimum absolute atomic E-state index is 0.206. The van der Waals surface area contributed by atoms with Crippen LogP contribution >= 0.6 is 0 Å². The summed E-state index contributed by atoms with van der Waals surface area (Å²) in [6.45, 7) is 4.05. The highest BCUT2D eigenvalue weighted by molar-refractivity contribution is 7.92. The Morgan fingerprint density at radius 3 is 2.20 bits per heavy atom. The summed E-state index contributed by atoms with van der Waals surface area (Å²) < 4.78 is 32.5. The van der Waals surface area contributed by atoms with Crippen LogP contribution in [0.3, 0.4) is 0 Å². The summed E-state index contributed by atoms with van der Waals surface area (Å²) in [4.78, 5) is 12.3. The summed E-state index contributed by atoms with van der Waals surface area (Å²) in [5.41, 5.74) is 1.77. The minimum Gasteiger partial charge on any atom is -0.465 e. The van der Waals surface area contributed by atoms with Crippen LogP contribution in [-0.2, 0) is 25.0 Å². The van der Waals surface area contributed by atoms with Gasteiger partial charge in [0.25, 0.3) is 10.0 Å². The highest BCUT2D eigenvalue weighted by atomic mass is 32.2. The number of carbonyl (C=O) groups is 1. The van der Waals surface area contributed by atoms with Crippen molar-refractivity contribution >= 4 is 21.7 Å². The van der Waals surface area contributed by atoms with Gasteiger partial charge < -0.3 is 4.74 Å². The van der Waals surface area contributed by atoms with E-state index in [0.717, 1.165) is 24.0 Å². The molecule has 25 heavy (non-hydrogen) atoms. The van der Waals surface area contributed by atoms with Gasteiger partial charge in [-0.2, -0.15) is 0 Å². The summed E-state index contributed by atoms with van der Waals surface area (Å²) in [6, 6.07) is 13.6. The van der Waals surface area contributed by atoms with Gasteiger partial charge >= 0.3 is 5.97 Å². The van der Waals surface area contributed by atoms with E-state index >= 15 is 0 Å². The normalized spacial score (nSPS) is 15.4. The van der Waals surface area contributed by atoms with Crippen LogP contribution in [0, 0.1) is 6.92 Å². The van der Waals surface area contributed by atoms with E-state index in [1.54, 1.807) is 55.5 Å². The van der Waals surface area contributed by atoms with E-state index in [9.17, 15) is 13.2 Å². The van der Waals surface area contributed by atoms with E-state index in [2.05, 4.69) is 4.72 Å². The molecular weight excluding hydrogens is 338 g/mol. The molecule has 0 aliphatic heterocycles. The SMILES string of the molecule is CCOC(=O)C1(c2ccc(NS(=O)(=O)c3ccc(C)cc3)cc2)CC1. The lowest BCUT2D eigenvalue weighted by Crippen LogP contribution is -2.23. The largest absolute Gasteiger partial charge is 0.465 e. The van der Waals surface area contributed by atoms with Gasteiger partial charge in [0, 0.05) is 5.69 Å². The molecule has 3 rings (SSSR count). The molecule has 0 spiro atoms. The van der Waals surface area contributed by atoms with Gasteiger partial charge in [-0.15, -0.1) is 0 Å². The van der Waals surface area contributed by atoms with Crippen LogP contribution in [0.2, 0.25) is 0 Å². The van der Waals surface area contributed by atoms with Crippen molar-refractivity contribution in [3.63, 3.8) is 0 Å². The number of hydrogen-bond donors (Lipinski definition) is 1. The van der Waals surface area contributed by atoms with Gasteiger partial charge in [-0.25, -0.2) is 8.42 Å². The highest BCUT2D eigenvalue weighted by Crippen LogP contribution is 2.49. The Balaban J connectivity index is 1.77. The lowest BCUT2D eigenvalue weighted by molar-refractivity contribution is -0.146. The number of ether oxygens (including phenoxy) is 1. The summed E-state index contributed by atoms with van der Waals surface area (Å²) >= 11 is 0. The maximum Gasteiger partial charge on any atom is 0.316 e. The third kappa shape index (κ3) is 3.54. The first-order valence-corrected chi connectivity index (χ1v) is 9.73. The van der Waals surface area contributed by atoms with E-state index < -0.39 is 15.4 Å². The highest BCUT2D eigenvalue weighted by Gasteiger charge is 2.52. The topological polar surface area (TPSA) is 72.5 Å². The fourth-order valence-electron chi connectivity index (χ4n) is 2.79. The van der Waals surface area contributed by atoms with Crippen molar-refractivity contribution in [3.8, 4) is 0 Å². The van der Waals surface area contributed by atoms with E-state index in [1.165, 1.54) is 0 Å². The fourth-order valence-corrected chi connectivity index (χ4v) is 3.85. The molecule has 0 atom stereocenters. The zero-order chi connectivity index (χ0) is 18.1. The zero-order valence-electron chi connectivity index (χ0n) is 14.3. The Morgan fingerprint density at radius 1 is 1.08 bits per heavy atom. The predicted molar refractivity (Wildman–Crippen MR) is 96.0 cm³/mol. The van der Waals surface area contributed by atoms with Gasteiger partial charge in [0.1, 0.15) is 0 Å². The van der Waals surface area contributed by atoms with Gasteiger partial charge in [0.15, 0.2) is 0 Å². The van der Waals surface area contributed by atoms with Crippen LogP contribution in [0.15, 0.2) is 53.4 Å². The molecule has 0 heterocycles. The third-order valence-corrected chi connectivity index (χ3v) is 5.83. The third-order valence-electron chi connectivity index (χ3n) is 4.44. The van der Waals surface area contributed by atoms with Crippen LogP contribution < -0.4 is 4.72 Å². The standard InChI is InChI=1S/C19H21NO4S/c1-3-24-18(21)19(12-13-19)15-6-8-16(9-7-15)20-25(22,23)17-10-4-14(2)5-11-17/h4-11,20H,3,12-13H2,1-2H3. The molecule has 1 aliphatic rings. The van der Waals surface area contributed by atoms with E-state index in [1.807, 2.05) is 6.92 Å². The maximum atomic E-state index is 12.4. The van der Waals surface area contributed by atoms with Crippen LogP contribution in [0.25, 0.3) is 0 Å². The first-order chi connectivity index (χ1) is 11.9. The molecule has 6 heteroatoms. The quantitative estimate of drug-likeness (QED) is 0.803. The van der Waals surface area contributed by atoms with Crippen molar-refractivity contribution in [1.82, 2.24) is 0 Å². The smallest absolute Gasteiger partial charge is 0.316 e. The van der Waals surface area contributed by atoms with Gasteiger partial charge in [-0.3, -0.25) is 9.52 Å². The van der Waals surface area contributed by atoms with Crippen molar-refractivity contribution < 1.29 is 17.9 Å². The molecule has 132 valence electrons. The van der Waals surface area contributed by atoms with Crippen LogP contribution in [0.5, 0.6) is 0 Å². The van der Waals surface area contributed by atoms with Crippen molar-refractivity contribution in [1.29, 1.82) is 0 Å². The number of anilines is 1. The fraction of sp³-hybridized carbons (Fsp3) is 0.316. The van der Waals surface area contributed by atoms with Crippen LogP contribution in [-0.4, -0.2) is 21.0 Å². The van der Waals surface area contributed by atoms with Crippen molar-refractivity contribution in [2.24, 2.45) is 0 Å². The molecule has 2 aromatic carbocycles. The average Bonchev–Trinajstić information content (AvgIpc) is 3.38. The number of hydrogen-bond acceptors (Lipinski definition) is 4. The Morgan fingerprint density at radius 2 is 1.68 bits per heavy atom. The second-order valence-corrected chi connectivity index (χ2v) is 7.98. The van der Waals surface area contributed by atoms with E-state index in [0.29, 0.717) is 12.3 Å². The zero-order valence-corrected chi connectivity index (χ0v) is 15.1. The lowest BCUT2D eigenvalue weighted by Gasteiger charge is -2.15. The van der Waals surface area contributed by atoms with Gasteiger partial charge in [0.2, 0.25) is 0 Å². The summed E-state index contributed by atoms with van der Waals surface area (Å²) in [6.07, 6.45) is 1.53. The molecular formula is C19H21NO4S. The number of carbonyl (C=O) groups excluding carboxylic acids is 1. The first kappa shape index (κ1) is 17.5. The molecule has 1 aliphatic carbocycles. The molecule has 0 aromatic heterocycles. The summed E-state index contributed by atoms with van der Waals surface area (Å²) in [5.74, 6) is -0.206. The number of esters is 1. The molecule has 0 unspecified atom stereocenters. The maximum absolute atomic E-state index is 12.4. The van der Waals surface area contributed by atoms with Crippen molar-refractivity contribution in [2.45, 2.75) is 37.0 Å². The van der Waals surface area contributed by atoms with E-state index in [4.69, 9.17) is 4.74 Å². The lowest BCUT2D eigenvalue weighted by atomic mass is 9.96. The Bertz CT molecular complexity index is 867. The Kier molecular flexibility index (Phi) is 4.56. The molecule has 0 radical (unpaired) electrons. The molecule has 0 saturated heterocycles. The number of aryl methyl sites for hydroxylation is 1. The van der Waals surface area contributed by atoms with Gasteiger partial charge in [-0.1, -0.05) is 29.8 Å². The summed E-state index contributed by atoms with van der Waals surface area (Å²) in [5, 5.41) is 0. The molecule has 0 amide bonds.